The Labute approximate surface area is 235 Å². The van der Waals surface area contributed by atoms with Crippen molar-refractivity contribution in [3.05, 3.63) is 109 Å². The van der Waals surface area contributed by atoms with E-state index in [1.807, 2.05) is 48.5 Å². The van der Waals surface area contributed by atoms with Gasteiger partial charge in [0.2, 0.25) is 0 Å². The number of benzene rings is 4. The first kappa shape index (κ1) is 25.6. The van der Waals surface area contributed by atoms with Gasteiger partial charge in [-0.15, -0.1) is 0 Å². The molecule has 0 atom stereocenters. The number of hydrogen-bond donors (Lipinski definition) is 0. The molecule has 0 spiro atoms. The molecule has 5 nitrogen and oxygen atoms in total. The van der Waals surface area contributed by atoms with Crippen molar-refractivity contribution >= 4 is 71.6 Å². The second-order valence-electron chi connectivity index (χ2n) is 8.39. The van der Waals surface area contributed by atoms with Gasteiger partial charge in [-0.05, 0) is 75.6 Å². The fourth-order valence-corrected chi connectivity index (χ4v) is 5.50. The van der Waals surface area contributed by atoms with Gasteiger partial charge in [-0.1, -0.05) is 80.4 Å². The molecule has 1 saturated heterocycles. The summed E-state index contributed by atoms with van der Waals surface area (Å²) in [5, 5.41) is 2.04. The molecule has 8 heteroatoms. The van der Waals surface area contributed by atoms with Crippen molar-refractivity contribution in [3.8, 4) is 11.5 Å². The summed E-state index contributed by atoms with van der Waals surface area (Å²) < 4.78 is 13.3. The maximum atomic E-state index is 13.0. The molecule has 4 aromatic rings. The van der Waals surface area contributed by atoms with Gasteiger partial charge in [-0.3, -0.25) is 14.5 Å². The Morgan fingerprint density at radius 3 is 2.35 bits per heavy atom. The predicted octanol–water partition coefficient (Wildman–Crippen LogP) is 8.19. The molecule has 0 radical (unpaired) electrons. The minimum Gasteiger partial charge on any atom is -0.493 e. The van der Waals surface area contributed by atoms with Crippen LogP contribution in [0.15, 0.2) is 92.7 Å². The number of nitrogens with zero attached hydrogens (tertiary/aromatic N) is 1. The molecule has 0 aliphatic carbocycles. The third-order valence-electron chi connectivity index (χ3n) is 5.91. The largest absolute Gasteiger partial charge is 0.493 e. The van der Waals surface area contributed by atoms with E-state index in [-0.39, 0.29) is 17.7 Å². The maximum Gasteiger partial charge on any atom is 0.293 e. The van der Waals surface area contributed by atoms with E-state index in [4.69, 9.17) is 9.47 Å². The Morgan fingerprint density at radius 2 is 1.59 bits per heavy atom. The van der Waals surface area contributed by atoms with Crippen LogP contribution in [0.2, 0.25) is 0 Å². The van der Waals surface area contributed by atoms with Gasteiger partial charge in [0.05, 0.1) is 18.6 Å². The first-order valence-electron chi connectivity index (χ1n) is 11.4. The molecule has 1 heterocycles. The van der Waals surface area contributed by atoms with Crippen LogP contribution in [0, 0.1) is 0 Å². The monoisotopic (exact) mass is 637 g/mol. The third-order valence-corrected chi connectivity index (χ3v) is 8.03. The van der Waals surface area contributed by atoms with Gasteiger partial charge < -0.3 is 9.47 Å². The average molecular weight is 639 g/mol. The van der Waals surface area contributed by atoms with Crippen molar-refractivity contribution in [3.63, 3.8) is 0 Å². The molecular formula is C29H21Br2NO4S. The summed E-state index contributed by atoms with van der Waals surface area (Å²) in [6, 6.07) is 25.6. The van der Waals surface area contributed by atoms with E-state index >= 15 is 0 Å². The zero-order valence-electron chi connectivity index (χ0n) is 19.7. The third kappa shape index (κ3) is 5.76. The Bertz CT molecular complexity index is 1540. The topological polar surface area (TPSA) is 55.8 Å². The molecule has 1 fully saturated rings. The van der Waals surface area contributed by atoms with Gasteiger partial charge >= 0.3 is 0 Å². The number of methoxy groups -OCH3 is 1. The number of imide groups is 1. The van der Waals surface area contributed by atoms with E-state index in [0.717, 1.165) is 37.2 Å². The van der Waals surface area contributed by atoms with Crippen LogP contribution >= 0.6 is 43.6 Å². The van der Waals surface area contributed by atoms with Crippen molar-refractivity contribution in [2.24, 2.45) is 0 Å². The molecular weight excluding hydrogens is 618 g/mol. The number of fused-ring (bicyclic) bond motifs is 1. The minimum absolute atomic E-state index is 0.224. The molecule has 0 unspecified atom stereocenters. The van der Waals surface area contributed by atoms with Crippen LogP contribution in [0.25, 0.3) is 16.8 Å². The van der Waals surface area contributed by atoms with Gasteiger partial charge in [-0.25, -0.2) is 0 Å². The summed E-state index contributed by atoms with van der Waals surface area (Å²) in [6.07, 6.45) is 1.70. The van der Waals surface area contributed by atoms with E-state index in [1.54, 1.807) is 19.3 Å². The molecule has 2 amide bonds. The van der Waals surface area contributed by atoms with Crippen molar-refractivity contribution in [1.29, 1.82) is 0 Å². The van der Waals surface area contributed by atoms with Crippen LogP contribution in [-0.2, 0) is 17.9 Å². The molecule has 0 aromatic heterocycles. The molecule has 0 N–H and O–H groups in total. The Morgan fingerprint density at radius 1 is 0.865 bits per heavy atom. The van der Waals surface area contributed by atoms with Crippen molar-refractivity contribution < 1.29 is 19.1 Å². The molecule has 0 bridgehead atoms. The lowest BCUT2D eigenvalue weighted by molar-refractivity contribution is -0.123. The van der Waals surface area contributed by atoms with Gasteiger partial charge in [0.1, 0.15) is 6.61 Å². The van der Waals surface area contributed by atoms with E-state index < -0.39 is 0 Å². The molecule has 5 rings (SSSR count). The first-order chi connectivity index (χ1) is 17.9. The SMILES string of the molecule is COc1cc(/C=C2\SC(=O)N(Cc3ccc(Br)cc3)C2=O)c(Br)cc1OCc1ccc2ccccc2c1. The van der Waals surface area contributed by atoms with Crippen LogP contribution in [-0.4, -0.2) is 23.2 Å². The summed E-state index contributed by atoms with van der Waals surface area (Å²) in [5.74, 6) is 0.785. The maximum absolute atomic E-state index is 13.0. The van der Waals surface area contributed by atoms with E-state index in [0.29, 0.717) is 28.6 Å². The molecule has 186 valence electrons. The molecule has 1 aliphatic heterocycles. The summed E-state index contributed by atoms with van der Waals surface area (Å²) in [4.78, 5) is 27.2. The Kier molecular flexibility index (Phi) is 7.69. The van der Waals surface area contributed by atoms with Crippen molar-refractivity contribution in [2.45, 2.75) is 13.2 Å². The van der Waals surface area contributed by atoms with Crippen LogP contribution in [0.5, 0.6) is 11.5 Å². The first-order valence-corrected chi connectivity index (χ1v) is 13.8. The number of ether oxygens (including phenoxy) is 2. The van der Waals surface area contributed by atoms with Gasteiger partial charge in [0.25, 0.3) is 11.1 Å². The van der Waals surface area contributed by atoms with Gasteiger partial charge in [0, 0.05) is 8.95 Å². The lowest BCUT2D eigenvalue weighted by atomic mass is 10.1. The number of carbonyl (C=O) groups excluding carboxylic acids is 2. The number of thioether (sulfide) groups is 1. The zero-order chi connectivity index (χ0) is 25.9. The quantitative estimate of drug-likeness (QED) is 0.191. The van der Waals surface area contributed by atoms with Crippen molar-refractivity contribution in [2.75, 3.05) is 7.11 Å². The zero-order valence-corrected chi connectivity index (χ0v) is 23.7. The molecule has 4 aromatic carbocycles. The van der Waals surface area contributed by atoms with Crippen LogP contribution in [0.4, 0.5) is 4.79 Å². The second-order valence-corrected chi connectivity index (χ2v) is 11.2. The lowest BCUT2D eigenvalue weighted by Gasteiger charge is -2.14. The minimum atomic E-state index is -0.319. The van der Waals surface area contributed by atoms with Crippen LogP contribution in [0.1, 0.15) is 16.7 Å². The normalized spacial score (nSPS) is 14.6. The lowest BCUT2D eigenvalue weighted by Crippen LogP contribution is -2.27. The van der Waals surface area contributed by atoms with E-state index in [2.05, 4.69) is 56.1 Å². The van der Waals surface area contributed by atoms with Crippen molar-refractivity contribution in [1.82, 2.24) is 4.90 Å². The Balaban J connectivity index is 1.33. The number of halogens is 2. The smallest absolute Gasteiger partial charge is 0.293 e. The highest BCUT2D eigenvalue weighted by molar-refractivity contribution is 9.10. The summed E-state index contributed by atoms with van der Waals surface area (Å²) in [7, 11) is 1.57. The van der Waals surface area contributed by atoms with Crippen LogP contribution < -0.4 is 9.47 Å². The molecule has 1 aliphatic rings. The van der Waals surface area contributed by atoms with E-state index in [1.165, 1.54) is 10.3 Å². The summed E-state index contributed by atoms with van der Waals surface area (Å²) in [5.41, 5.74) is 2.63. The Hall–Kier alpha value is -3.07. The highest BCUT2D eigenvalue weighted by Gasteiger charge is 2.35. The predicted molar refractivity (Wildman–Crippen MR) is 155 cm³/mol. The number of carbonyl (C=O) groups is 2. The average Bonchev–Trinajstić information content (AvgIpc) is 3.17. The molecule has 0 saturated carbocycles. The number of amides is 2. The van der Waals surface area contributed by atoms with Crippen LogP contribution in [0.3, 0.4) is 0 Å². The van der Waals surface area contributed by atoms with E-state index in [9.17, 15) is 9.59 Å². The fraction of sp³-hybridized carbons (Fsp3) is 0.103. The fourth-order valence-electron chi connectivity index (χ4n) is 3.97. The highest BCUT2D eigenvalue weighted by Crippen LogP contribution is 2.38. The van der Waals surface area contributed by atoms with Gasteiger partial charge in [0.15, 0.2) is 11.5 Å². The molecule has 37 heavy (non-hydrogen) atoms. The standard InChI is InChI=1S/C29H21Br2NO4S/c1-35-25-13-22(14-27-28(33)32(29(34)37-27)16-18-7-10-23(30)11-8-18)24(31)15-26(25)36-17-19-6-9-20-4-2-3-5-21(20)12-19/h2-15H,16-17H2,1H3/b27-14-. The highest BCUT2D eigenvalue weighted by atomic mass is 79.9. The second kappa shape index (κ2) is 11.1. The van der Waals surface area contributed by atoms with Gasteiger partial charge in [-0.2, -0.15) is 0 Å². The summed E-state index contributed by atoms with van der Waals surface area (Å²) >= 11 is 7.91. The number of rotatable bonds is 7. The summed E-state index contributed by atoms with van der Waals surface area (Å²) in [6.45, 7) is 0.600. The number of hydrogen-bond acceptors (Lipinski definition) is 5.